The number of ether oxygens (including phenoxy) is 1. The monoisotopic (exact) mass is 386 g/mol. The molecule has 0 bridgehead atoms. The SMILES string of the molecule is COc1ccc2c(N[C@H](C)c3cccc(C(F)(F)F)c3)nc3cncn3c2c1. The number of nitrogens with one attached hydrogen (secondary N) is 1. The van der Waals surface area contributed by atoms with Crippen molar-refractivity contribution >= 4 is 22.4 Å². The predicted molar refractivity (Wildman–Crippen MR) is 101 cm³/mol. The Balaban J connectivity index is 1.77. The average molecular weight is 386 g/mol. The van der Waals surface area contributed by atoms with E-state index in [1.165, 1.54) is 6.07 Å². The smallest absolute Gasteiger partial charge is 0.416 e. The molecule has 2 aromatic carbocycles. The third-order valence-corrected chi connectivity index (χ3v) is 4.63. The number of benzene rings is 2. The molecule has 0 aliphatic rings. The second-order valence-corrected chi connectivity index (χ2v) is 6.45. The number of alkyl halides is 3. The molecule has 144 valence electrons. The summed E-state index contributed by atoms with van der Waals surface area (Å²) in [5.74, 6) is 1.25. The number of anilines is 1. The standard InChI is InChI=1S/C20H17F3N4O/c1-12(13-4-3-5-14(8-13)20(21,22)23)25-19-16-7-6-15(28-2)9-17(16)27-11-24-10-18(27)26-19/h3-12H,1-2H3,(H,25,26)/t12-/m1/s1. The number of hydrogen-bond acceptors (Lipinski definition) is 4. The Hall–Kier alpha value is -3.29. The van der Waals surface area contributed by atoms with Crippen LogP contribution >= 0.6 is 0 Å². The first-order chi connectivity index (χ1) is 13.4. The Morgan fingerprint density at radius 3 is 2.71 bits per heavy atom. The molecule has 4 aromatic rings. The summed E-state index contributed by atoms with van der Waals surface area (Å²) in [5, 5.41) is 4.05. The number of halogens is 3. The Labute approximate surface area is 158 Å². The summed E-state index contributed by atoms with van der Waals surface area (Å²) in [6, 6.07) is 10.4. The van der Waals surface area contributed by atoms with E-state index in [4.69, 9.17) is 4.74 Å². The normalized spacial score (nSPS) is 13.0. The maximum Gasteiger partial charge on any atom is 0.416 e. The summed E-state index contributed by atoms with van der Waals surface area (Å²) in [6.07, 6.45) is -1.10. The second kappa shape index (κ2) is 6.70. The van der Waals surface area contributed by atoms with Gasteiger partial charge < -0.3 is 10.1 Å². The molecule has 1 N–H and O–H groups in total. The van der Waals surface area contributed by atoms with E-state index in [-0.39, 0.29) is 6.04 Å². The van der Waals surface area contributed by atoms with Gasteiger partial charge in [0.05, 0.1) is 24.4 Å². The van der Waals surface area contributed by atoms with Gasteiger partial charge >= 0.3 is 6.18 Å². The Kier molecular flexibility index (Phi) is 4.33. The zero-order chi connectivity index (χ0) is 19.9. The quantitative estimate of drug-likeness (QED) is 0.531. The second-order valence-electron chi connectivity index (χ2n) is 6.45. The highest BCUT2D eigenvalue weighted by Gasteiger charge is 2.30. The van der Waals surface area contributed by atoms with Gasteiger partial charge in [-0.25, -0.2) is 9.97 Å². The molecule has 5 nitrogen and oxygen atoms in total. The van der Waals surface area contributed by atoms with Crippen LogP contribution in [0.3, 0.4) is 0 Å². The molecule has 0 amide bonds. The molecule has 0 aliphatic carbocycles. The Bertz CT molecular complexity index is 1150. The summed E-state index contributed by atoms with van der Waals surface area (Å²) in [4.78, 5) is 8.71. The van der Waals surface area contributed by atoms with Crippen LogP contribution in [0.4, 0.5) is 19.0 Å². The number of nitrogens with zero attached hydrogens (tertiary/aromatic N) is 3. The van der Waals surface area contributed by atoms with Crippen LogP contribution in [0.5, 0.6) is 5.75 Å². The van der Waals surface area contributed by atoms with Gasteiger partial charge in [-0.1, -0.05) is 12.1 Å². The molecule has 0 saturated carbocycles. The molecule has 2 heterocycles. The van der Waals surface area contributed by atoms with E-state index < -0.39 is 11.7 Å². The topological polar surface area (TPSA) is 51.5 Å². The zero-order valence-electron chi connectivity index (χ0n) is 15.2. The summed E-state index contributed by atoms with van der Waals surface area (Å²) < 4.78 is 46.2. The first-order valence-electron chi connectivity index (χ1n) is 8.60. The lowest BCUT2D eigenvalue weighted by Crippen LogP contribution is -2.11. The molecule has 1 atom stereocenters. The van der Waals surface area contributed by atoms with Gasteiger partial charge in [0.1, 0.15) is 17.9 Å². The van der Waals surface area contributed by atoms with Crippen molar-refractivity contribution < 1.29 is 17.9 Å². The van der Waals surface area contributed by atoms with Crippen LogP contribution < -0.4 is 10.1 Å². The van der Waals surface area contributed by atoms with Gasteiger partial charge in [0.2, 0.25) is 0 Å². The summed E-state index contributed by atoms with van der Waals surface area (Å²) in [5.41, 5.74) is 1.30. The van der Waals surface area contributed by atoms with Gasteiger partial charge in [-0.3, -0.25) is 4.40 Å². The van der Waals surface area contributed by atoms with Gasteiger partial charge in [0.25, 0.3) is 0 Å². The van der Waals surface area contributed by atoms with Gasteiger partial charge in [-0.2, -0.15) is 13.2 Å². The van der Waals surface area contributed by atoms with Gasteiger partial charge in [0, 0.05) is 17.5 Å². The number of rotatable bonds is 4. The van der Waals surface area contributed by atoms with Crippen LogP contribution in [0.15, 0.2) is 55.0 Å². The molecule has 0 radical (unpaired) electrons. The van der Waals surface area contributed by atoms with Crippen molar-refractivity contribution in [1.82, 2.24) is 14.4 Å². The molecule has 28 heavy (non-hydrogen) atoms. The summed E-state index contributed by atoms with van der Waals surface area (Å²) >= 11 is 0. The minimum Gasteiger partial charge on any atom is -0.497 e. The fourth-order valence-corrected chi connectivity index (χ4v) is 3.15. The highest BCUT2D eigenvalue weighted by molar-refractivity contribution is 5.92. The molecular weight excluding hydrogens is 369 g/mol. The van der Waals surface area contributed by atoms with Gasteiger partial charge in [0.15, 0.2) is 5.65 Å². The minimum atomic E-state index is -4.38. The van der Waals surface area contributed by atoms with Crippen LogP contribution in [0.25, 0.3) is 16.6 Å². The van der Waals surface area contributed by atoms with E-state index in [0.717, 1.165) is 23.0 Å². The van der Waals surface area contributed by atoms with Crippen molar-refractivity contribution in [3.63, 3.8) is 0 Å². The van der Waals surface area contributed by atoms with Crippen molar-refractivity contribution in [1.29, 1.82) is 0 Å². The number of imidazole rings is 1. The third kappa shape index (κ3) is 3.21. The average Bonchev–Trinajstić information content (AvgIpc) is 3.15. The van der Waals surface area contributed by atoms with Crippen molar-refractivity contribution in [2.24, 2.45) is 0 Å². The van der Waals surface area contributed by atoms with Gasteiger partial charge in [-0.15, -0.1) is 0 Å². The number of aromatic nitrogens is 3. The molecule has 0 saturated heterocycles. The highest BCUT2D eigenvalue weighted by atomic mass is 19.4. The summed E-state index contributed by atoms with van der Waals surface area (Å²) in [7, 11) is 1.59. The maximum atomic E-state index is 13.0. The van der Waals surface area contributed by atoms with E-state index >= 15 is 0 Å². The number of hydrogen-bond donors (Lipinski definition) is 1. The highest BCUT2D eigenvalue weighted by Crippen LogP contribution is 2.33. The fraction of sp³-hybridized carbons (Fsp3) is 0.200. The molecular formula is C20H17F3N4O. The van der Waals surface area contributed by atoms with Crippen LogP contribution in [0, 0.1) is 0 Å². The number of methoxy groups -OCH3 is 1. The summed E-state index contributed by atoms with van der Waals surface area (Å²) in [6.45, 7) is 1.80. The number of fused-ring (bicyclic) bond motifs is 3. The maximum absolute atomic E-state index is 13.0. The van der Waals surface area contributed by atoms with Crippen LogP contribution in [-0.2, 0) is 6.18 Å². The molecule has 8 heteroatoms. The first kappa shape index (κ1) is 18.1. The van der Waals surface area contributed by atoms with Crippen LogP contribution in [0.1, 0.15) is 24.1 Å². The van der Waals surface area contributed by atoms with E-state index in [1.807, 2.05) is 22.6 Å². The molecule has 2 aromatic heterocycles. The van der Waals surface area contributed by atoms with Crippen molar-refractivity contribution in [3.05, 3.63) is 66.1 Å². The third-order valence-electron chi connectivity index (χ3n) is 4.63. The van der Waals surface area contributed by atoms with Crippen LogP contribution in [0.2, 0.25) is 0 Å². The molecule has 0 unspecified atom stereocenters. The molecule has 0 spiro atoms. The van der Waals surface area contributed by atoms with E-state index in [9.17, 15) is 13.2 Å². The Morgan fingerprint density at radius 1 is 1.14 bits per heavy atom. The van der Waals surface area contributed by atoms with Crippen molar-refractivity contribution in [3.8, 4) is 5.75 Å². The largest absolute Gasteiger partial charge is 0.497 e. The predicted octanol–water partition coefficient (Wildman–Crippen LogP) is 5.08. The Morgan fingerprint density at radius 2 is 1.96 bits per heavy atom. The lowest BCUT2D eigenvalue weighted by molar-refractivity contribution is -0.137. The molecule has 0 fully saturated rings. The van der Waals surface area contributed by atoms with Gasteiger partial charge in [-0.05, 0) is 36.8 Å². The molecule has 4 rings (SSSR count). The zero-order valence-corrected chi connectivity index (χ0v) is 15.2. The minimum absolute atomic E-state index is 0.384. The fourth-order valence-electron chi connectivity index (χ4n) is 3.15. The van der Waals surface area contributed by atoms with E-state index in [0.29, 0.717) is 22.8 Å². The van der Waals surface area contributed by atoms with Crippen LogP contribution in [-0.4, -0.2) is 21.5 Å². The van der Waals surface area contributed by atoms with Crippen molar-refractivity contribution in [2.45, 2.75) is 19.1 Å². The van der Waals surface area contributed by atoms with E-state index in [1.54, 1.807) is 32.6 Å². The molecule has 0 aliphatic heterocycles. The lowest BCUT2D eigenvalue weighted by atomic mass is 10.0. The first-order valence-corrected chi connectivity index (χ1v) is 8.60. The van der Waals surface area contributed by atoms with E-state index in [2.05, 4.69) is 15.3 Å². The lowest BCUT2D eigenvalue weighted by Gasteiger charge is -2.18. The van der Waals surface area contributed by atoms with Crippen molar-refractivity contribution in [2.75, 3.05) is 12.4 Å².